The second-order valence-electron chi connectivity index (χ2n) is 5.86. The lowest BCUT2D eigenvalue weighted by Crippen LogP contribution is -2.51. The summed E-state index contributed by atoms with van der Waals surface area (Å²) in [4.78, 5) is 4.17. The second-order valence-corrected chi connectivity index (χ2v) is 6.84. The van der Waals surface area contributed by atoms with E-state index in [0.717, 1.165) is 0 Å². The monoisotopic (exact) mass is 266 g/mol. The van der Waals surface area contributed by atoms with Crippen molar-refractivity contribution in [3.8, 4) is 0 Å². The zero-order valence-corrected chi connectivity index (χ0v) is 12.6. The first-order chi connectivity index (χ1) is 8.61. The van der Waals surface area contributed by atoms with Gasteiger partial charge in [0.2, 0.25) is 0 Å². The summed E-state index contributed by atoms with van der Waals surface area (Å²) in [7, 11) is 0. The van der Waals surface area contributed by atoms with Crippen molar-refractivity contribution in [3.63, 3.8) is 0 Å². The molecule has 2 N–H and O–H groups in total. The Morgan fingerprint density at radius 1 is 1.33 bits per heavy atom. The quantitative estimate of drug-likeness (QED) is 0.901. The van der Waals surface area contributed by atoms with Gasteiger partial charge in [-0.1, -0.05) is 26.3 Å². The van der Waals surface area contributed by atoms with Crippen molar-refractivity contribution in [3.05, 3.63) is 22.4 Å². The Balaban J connectivity index is 2.23. The van der Waals surface area contributed by atoms with Crippen molar-refractivity contribution < 1.29 is 0 Å². The van der Waals surface area contributed by atoms with E-state index in [4.69, 9.17) is 5.73 Å². The van der Waals surface area contributed by atoms with Gasteiger partial charge in [-0.15, -0.1) is 11.3 Å². The fourth-order valence-electron chi connectivity index (χ4n) is 3.22. The topological polar surface area (TPSA) is 29.3 Å². The minimum Gasteiger partial charge on any atom is -0.327 e. The molecule has 0 aromatic carbocycles. The first kappa shape index (κ1) is 14.0. The molecule has 0 aliphatic carbocycles. The summed E-state index contributed by atoms with van der Waals surface area (Å²) in [5, 5.41) is 2.19. The van der Waals surface area contributed by atoms with Gasteiger partial charge in [0.05, 0.1) is 0 Å². The molecule has 1 saturated heterocycles. The predicted octanol–water partition coefficient (Wildman–Crippen LogP) is 3.65. The van der Waals surface area contributed by atoms with Crippen molar-refractivity contribution in [2.24, 2.45) is 11.7 Å². The average molecular weight is 266 g/mol. The summed E-state index contributed by atoms with van der Waals surface area (Å²) in [6.07, 6.45) is 3.90. The third-order valence-corrected chi connectivity index (χ3v) is 4.97. The number of hydrogen-bond donors (Lipinski definition) is 1. The normalized spacial score (nSPS) is 25.3. The van der Waals surface area contributed by atoms with Crippen LogP contribution in [-0.4, -0.2) is 23.5 Å². The smallest absolute Gasteiger partial charge is 0.0467 e. The van der Waals surface area contributed by atoms with Gasteiger partial charge in [-0.25, -0.2) is 0 Å². The first-order valence-corrected chi connectivity index (χ1v) is 8.04. The van der Waals surface area contributed by atoms with Crippen LogP contribution in [0.4, 0.5) is 0 Å². The summed E-state index contributed by atoms with van der Waals surface area (Å²) in [5.74, 6) is 0.642. The summed E-state index contributed by atoms with van der Waals surface area (Å²) in [6.45, 7) is 8.02. The Morgan fingerprint density at radius 2 is 2.11 bits per heavy atom. The Hall–Kier alpha value is -0.380. The number of rotatable bonds is 4. The fraction of sp³-hybridized carbons (Fsp3) is 0.733. The Labute approximate surface area is 115 Å². The SMILES string of the molecule is CC(C)C(c1cccs1)N1CCCCC1C(C)N. The van der Waals surface area contributed by atoms with Gasteiger partial charge in [0, 0.05) is 23.0 Å². The van der Waals surface area contributed by atoms with Gasteiger partial charge in [0.15, 0.2) is 0 Å². The third-order valence-electron chi connectivity index (χ3n) is 4.02. The van der Waals surface area contributed by atoms with Gasteiger partial charge in [-0.2, -0.15) is 0 Å². The first-order valence-electron chi connectivity index (χ1n) is 7.16. The fourth-order valence-corrected chi connectivity index (χ4v) is 4.24. The van der Waals surface area contributed by atoms with Gasteiger partial charge in [-0.05, 0) is 43.7 Å². The molecular weight excluding hydrogens is 240 g/mol. The Bertz CT molecular complexity index is 345. The lowest BCUT2D eigenvalue weighted by molar-refractivity contribution is 0.0591. The molecule has 0 saturated carbocycles. The molecule has 1 aliphatic rings. The molecule has 2 heterocycles. The van der Waals surface area contributed by atoms with Crippen LogP contribution in [0.3, 0.4) is 0 Å². The molecule has 0 radical (unpaired) electrons. The van der Waals surface area contributed by atoms with E-state index >= 15 is 0 Å². The minimum atomic E-state index is 0.270. The summed E-state index contributed by atoms with van der Waals surface area (Å²) < 4.78 is 0. The van der Waals surface area contributed by atoms with Gasteiger partial charge in [-0.3, -0.25) is 4.90 Å². The van der Waals surface area contributed by atoms with Gasteiger partial charge < -0.3 is 5.73 Å². The summed E-state index contributed by atoms with van der Waals surface area (Å²) in [5.41, 5.74) is 6.21. The molecule has 0 spiro atoms. The molecule has 1 aliphatic heterocycles. The highest BCUT2D eigenvalue weighted by molar-refractivity contribution is 7.10. The van der Waals surface area contributed by atoms with Crippen LogP contribution in [0.1, 0.15) is 51.0 Å². The predicted molar refractivity (Wildman–Crippen MR) is 79.9 cm³/mol. The molecule has 102 valence electrons. The zero-order valence-electron chi connectivity index (χ0n) is 11.8. The van der Waals surface area contributed by atoms with Crippen LogP contribution in [0.2, 0.25) is 0 Å². The van der Waals surface area contributed by atoms with Crippen molar-refractivity contribution in [2.75, 3.05) is 6.54 Å². The van der Waals surface area contributed by atoms with E-state index in [0.29, 0.717) is 18.0 Å². The van der Waals surface area contributed by atoms with E-state index in [-0.39, 0.29) is 6.04 Å². The summed E-state index contributed by atoms with van der Waals surface area (Å²) >= 11 is 1.88. The van der Waals surface area contributed by atoms with E-state index in [1.54, 1.807) is 0 Å². The van der Waals surface area contributed by atoms with E-state index in [1.165, 1.54) is 30.7 Å². The molecule has 2 rings (SSSR count). The number of thiophene rings is 1. The van der Waals surface area contributed by atoms with E-state index in [2.05, 4.69) is 43.2 Å². The Morgan fingerprint density at radius 3 is 2.67 bits per heavy atom. The largest absolute Gasteiger partial charge is 0.327 e. The third kappa shape index (κ3) is 2.95. The highest BCUT2D eigenvalue weighted by atomic mass is 32.1. The molecule has 1 aromatic heterocycles. The van der Waals surface area contributed by atoms with Crippen molar-refractivity contribution >= 4 is 11.3 Å². The highest BCUT2D eigenvalue weighted by Gasteiger charge is 2.33. The molecule has 1 fully saturated rings. The van der Waals surface area contributed by atoms with Gasteiger partial charge in [0.1, 0.15) is 0 Å². The molecule has 3 atom stereocenters. The van der Waals surface area contributed by atoms with Crippen LogP contribution >= 0.6 is 11.3 Å². The van der Waals surface area contributed by atoms with Crippen LogP contribution in [0.5, 0.6) is 0 Å². The average Bonchev–Trinajstić information content (AvgIpc) is 2.83. The molecule has 0 bridgehead atoms. The number of nitrogens with zero attached hydrogens (tertiary/aromatic N) is 1. The van der Waals surface area contributed by atoms with Crippen LogP contribution < -0.4 is 5.73 Å². The number of nitrogens with two attached hydrogens (primary N) is 1. The zero-order chi connectivity index (χ0) is 13.1. The van der Waals surface area contributed by atoms with Crippen LogP contribution in [0, 0.1) is 5.92 Å². The van der Waals surface area contributed by atoms with Crippen LogP contribution in [0.15, 0.2) is 17.5 Å². The maximum atomic E-state index is 6.21. The second kappa shape index (κ2) is 6.18. The minimum absolute atomic E-state index is 0.270. The highest BCUT2D eigenvalue weighted by Crippen LogP contribution is 2.36. The molecule has 3 unspecified atom stereocenters. The maximum absolute atomic E-state index is 6.21. The Kier molecular flexibility index (Phi) is 4.82. The molecular formula is C15H26N2S. The standard InChI is InChI=1S/C15H26N2S/c1-11(2)15(14-8-6-10-18-14)17-9-5-4-7-13(17)12(3)16/h6,8,10-13,15H,4-5,7,9,16H2,1-3H3. The van der Waals surface area contributed by atoms with Crippen LogP contribution in [0.25, 0.3) is 0 Å². The van der Waals surface area contributed by atoms with Gasteiger partial charge >= 0.3 is 0 Å². The molecule has 0 amide bonds. The number of hydrogen-bond acceptors (Lipinski definition) is 3. The van der Waals surface area contributed by atoms with E-state index in [1.807, 2.05) is 11.3 Å². The maximum Gasteiger partial charge on any atom is 0.0467 e. The molecule has 2 nitrogen and oxygen atoms in total. The molecule has 3 heteroatoms. The van der Waals surface area contributed by atoms with Gasteiger partial charge in [0.25, 0.3) is 0 Å². The molecule has 1 aromatic rings. The summed E-state index contributed by atoms with van der Waals surface area (Å²) in [6, 6.07) is 5.81. The van der Waals surface area contributed by atoms with E-state index < -0.39 is 0 Å². The number of likely N-dealkylation sites (tertiary alicyclic amines) is 1. The van der Waals surface area contributed by atoms with Crippen molar-refractivity contribution in [1.82, 2.24) is 4.90 Å². The van der Waals surface area contributed by atoms with Crippen molar-refractivity contribution in [1.29, 1.82) is 0 Å². The number of piperidine rings is 1. The van der Waals surface area contributed by atoms with Crippen molar-refractivity contribution in [2.45, 2.75) is 58.2 Å². The lowest BCUT2D eigenvalue weighted by Gasteiger charge is -2.44. The molecule has 18 heavy (non-hydrogen) atoms. The van der Waals surface area contributed by atoms with Crippen LogP contribution in [-0.2, 0) is 0 Å². The lowest BCUT2D eigenvalue weighted by atomic mass is 9.91. The van der Waals surface area contributed by atoms with E-state index in [9.17, 15) is 0 Å².